The third-order valence-electron chi connectivity index (χ3n) is 3.79. The van der Waals surface area contributed by atoms with Gasteiger partial charge in [0.1, 0.15) is 6.61 Å². The van der Waals surface area contributed by atoms with Gasteiger partial charge in [0.25, 0.3) is 5.69 Å². The van der Waals surface area contributed by atoms with Gasteiger partial charge >= 0.3 is 12.1 Å². The Morgan fingerprint density at radius 2 is 1.85 bits per heavy atom. The zero-order chi connectivity index (χ0) is 19.2. The van der Waals surface area contributed by atoms with Crippen LogP contribution in [0.1, 0.15) is 18.1 Å². The van der Waals surface area contributed by atoms with Crippen molar-refractivity contribution in [2.75, 3.05) is 7.11 Å². The number of nitro groups is 1. The van der Waals surface area contributed by atoms with Crippen LogP contribution in [0.5, 0.6) is 0 Å². The molecule has 0 fully saturated rings. The molecular weight excluding hydrogens is 340 g/mol. The third-order valence-corrected chi connectivity index (χ3v) is 3.79. The van der Waals surface area contributed by atoms with Crippen LogP contribution >= 0.6 is 0 Å². The Balaban J connectivity index is 2.20. The standard InChI is InChI=1S/C18H18N2O6/c1-18(16(21)25-2,14-9-6-10-15(11-14)20(23)24)19-17(22)26-12-13-7-4-3-5-8-13/h3-11H,12H2,1-2H3,(H,19,22). The SMILES string of the molecule is COC(=O)C(C)(NC(=O)OCc1ccccc1)c1cccc([N+](=O)[O-])c1. The molecule has 1 atom stereocenters. The number of hydrogen-bond acceptors (Lipinski definition) is 6. The van der Waals surface area contributed by atoms with Crippen molar-refractivity contribution in [2.24, 2.45) is 0 Å². The number of nitro benzene ring substituents is 1. The van der Waals surface area contributed by atoms with Crippen molar-refractivity contribution >= 4 is 17.7 Å². The highest BCUT2D eigenvalue weighted by atomic mass is 16.6. The number of non-ortho nitro benzene ring substituents is 1. The lowest BCUT2D eigenvalue weighted by Crippen LogP contribution is -2.50. The van der Waals surface area contributed by atoms with Crippen molar-refractivity contribution in [3.8, 4) is 0 Å². The van der Waals surface area contributed by atoms with E-state index in [2.05, 4.69) is 5.32 Å². The van der Waals surface area contributed by atoms with E-state index < -0.39 is 22.5 Å². The van der Waals surface area contributed by atoms with Gasteiger partial charge in [-0.3, -0.25) is 10.1 Å². The summed E-state index contributed by atoms with van der Waals surface area (Å²) in [6.07, 6.45) is -0.853. The fraction of sp³-hybridized carbons (Fsp3) is 0.222. The largest absolute Gasteiger partial charge is 0.467 e. The van der Waals surface area contributed by atoms with Crippen molar-refractivity contribution in [1.82, 2.24) is 5.32 Å². The van der Waals surface area contributed by atoms with Crippen LogP contribution in [0, 0.1) is 10.1 Å². The lowest BCUT2D eigenvalue weighted by Gasteiger charge is -2.27. The average Bonchev–Trinajstić information content (AvgIpc) is 2.66. The van der Waals surface area contributed by atoms with Gasteiger partial charge in [-0.15, -0.1) is 0 Å². The van der Waals surface area contributed by atoms with E-state index in [0.29, 0.717) is 0 Å². The van der Waals surface area contributed by atoms with E-state index in [9.17, 15) is 19.7 Å². The van der Waals surface area contributed by atoms with Gasteiger partial charge < -0.3 is 14.8 Å². The summed E-state index contributed by atoms with van der Waals surface area (Å²) in [5.41, 5.74) is -0.876. The van der Waals surface area contributed by atoms with Crippen LogP contribution in [0.15, 0.2) is 54.6 Å². The summed E-state index contributed by atoms with van der Waals surface area (Å²) in [4.78, 5) is 34.8. The summed E-state index contributed by atoms with van der Waals surface area (Å²) >= 11 is 0. The number of alkyl carbamates (subject to hydrolysis) is 1. The highest BCUT2D eigenvalue weighted by molar-refractivity contribution is 5.87. The molecule has 0 spiro atoms. The molecule has 1 N–H and O–H groups in total. The van der Waals surface area contributed by atoms with Gasteiger partial charge in [-0.05, 0) is 18.1 Å². The molecule has 0 aromatic heterocycles. The first kappa shape index (κ1) is 18.9. The number of nitrogens with one attached hydrogen (secondary N) is 1. The predicted molar refractivity (Wildman–Crippen MR) is 92.2 cm³/mol. The van der Waals surface area contributed by atoms with Crippen LogP contribution in [0.25, 0.3) is 0 Å². The second kappa shape index (κ2) is 8.11. The fourth-order valence-corrected chi connectivity index (χ4v) is 2.34. The summed E-state index contributed by atoms with van der Waals surface area (Å²) in [6, 6.07) is 14.4. The molecule has 0 radical (unpaired) electrons. The van der Waals surface area contributed by atoms with E-state index in [1.165, 1.54) is 31.2 Å². The van der Waals surface area contributed by atoms with Gasteiger partial charge in [0.05, 0.1) is 12.0 Å². The lowest BCUT2D eigenvalue weighted by molar-refractivity contribution is -0.385. The Morgan fingerprint density at radius 3 is 2.46 bits per heavy atom. The molecule has 0 saturated heterocycles. The zero-order valence-corrected chi connectivity index (χ0v) is 14.3. The molecule has 8 heteroatoms. The average molecular weight is 358 g/mol. The van der Waals surface area contributed by atoms with Crippen LogP contribution in [0.2, 0.25) is 0 Å². The summed E-state index contributed by atoms with van der Waals surface area (Å²) in [6.45, 7) is 1.40. The summed E-state index contributed by atoms with van der Waals surface area (Å²) in [7, 11) is 1.16. The number of rotatable bonds is 6. The van der Waals surface area contributed by atoms with Crippen molar-refractivity contribution in [3.63, 3.8) is 0 Å². The zero-order valence-electron chi connectivity index (χ0n) is 14.3. The maximum absolute atomic E-state index is 12.3. The minimum Gasteiger partial charge on any atom is -0.467 e. The molecule has 26 heavy (non-hydrogen) atoms. The molecule has 0 aliphatic rings. The first-order valence-electron chi connectivity index (χ1n) is 7.69. The Hall–Kier alpha value is -3.42. The third kappa shape index (κ3) is 4.35. The quantitative estimate of drug-likeness (QED) is 0.483. The minimum atomic E-state index is -1.64. The van der Waals surface area contributed by atoms with Gasteiger partial charge in [-0.25, -0.2) is 9.59 Å². The van der Waals surface area contributed by atoms with Gasteiger partial charge in [-0.2, -0.15) is 0 Å². The summed E-state index contributed by atoms with van der Waals surface area (Å²) in [5, 5.41) is 13.4. The van der Waals surface area contributed by atoms with Crippen LogP contribution in [-0.2, 0) is 26.4 Å². The Bertz CT molecular complexity index is 808. The van der Waals surface area contributed by atoms with Gasteiger partial charge in [-0.1, -0.05) is 42.5 Å². The molecular formula is C18H18N2O6. The lowest BCUT2D eigenvalue weighted by atomic mass is 9.92. The molecule has 2 aromatic rings. The Morgan fingerprint density at radius 1 is 1.15 bits per heavy atom. The van der Waals surface area contributed by atoms with Crippen LogP contribution in [0.4, 0.5) is 10.5 Å². The van der Waals surface area contributed by atoms with E-state index in [-0.39, 0.29) is 17.9 Å². The van der Waals surface area contributed by atoms with E-state index >= 15 is 0 Å². The number of hydrogen-bond donors (Lipinski definition) is 1. The highest BCUT2D eigenvalue weighted by Gasteiger charge is 2.39. The highest BCUT2D eigenvalue weighted by Crippen LogP contribution is 2.26. The first-order valence-corrected chi connectivity index (χ1v) is 7.69. The van der Waals surface area contributed by atoms with Gasteiger partial charge in [0.2, 0.25) is 0 Å². The van der Waals surface area contributed by atoms with Crippen molar-refractivity contribution in [2.45, 2.75) is 19.1 Å². The van der Waals surface area contributed by atoms with E-state index in [4.69, 9.17) is 9.47 Å². The maximum atomic E-state index is 12.3. The molecule has 2 aromatic carbocycles. The number of methoxy groups -OCH3 is 1. The summed E-state index contributed by atoms with van der Waals surface area (Å²) in [5.74, 6) is -0.783. The molecule has 2 rings (SSSR count). The number of nitrogens with zero attached hydrogens (tertiary/aromatic N) is 1. The smallest absolute Gasteiger partial charge is 0.408 e. The van der Waals surface area contributed by atoms with E-state index in [1.807, 2.05) is 6.07 Å². The second-order valence-corrected chi connectivity index (χ2v) is 5.61. The van der Waals surface area contributed by atoms with Crippen LogP contribution in [-0.4, -0.2) is 24.1 Å². The predicted octanol–water partition coefficient (Wildman–Crippen LogP) is 2.91. The molecule has 1 unspecified atom stereocenters. The number of benzene rings is 2. The number of carbonyl (C=O) groups is 2. The maximum Gasteiger partial charge on any atom is 0.408 e. The molecule has 0 saturated carbocycles. The molecule has 0 aliphatic carbocycles. The number of carbonyl (C=O) groups excluding carboxylic acids is 2. The molecule has 0 aliphatic heterocycles. The van der Waals surface area contributed by atoms with Crippen molar-refractivity contribution in [3.05, 3.63) is 75.8 Å². The number of ether oxygens (including phenoxy) is 2. The number of amides is 1. The topological polar surface area (TPSA) is 108 Å². The molecule has 1 amide bonds. The van der Waals surface area contributed by atoms with Gasteiger partial charge in [0.15, 0.2) is 5.54 Å². The first-order chi connectivity index (χ1) is 12.4. The second-order valence-electron chi connectivity index (χ2n) is 5.61. The molecule has 8 nitrogen and oxygen atoms in total. The summed E-state index contributed by atoms with van der Waals surface area (Å²) < 4.78 is 9.88. The van der Waals surface area contributed by atoms with E-state index in [0.717, 1.165) is 12.7 Å². The molecule has 0 heterocycles. The van der Waals surface area contributed by atoms with Gasteiger partial charge in [0, 0.05) is 12.1 Å². The Labute approximate surface area is 149 Å². The minimum absolute atomic E-state index is 0.0128. The van der Waals surface area contributed by atoms with Crippen molar-refractivity contribution in [1.29, 1.82) is 0 Å². The fourth-order valence-electron chi connectivity index (χ4n) is 2.34. The number of esters is 1. The van der Waals surface area contributed by atoms with Crippen molar-refractivity contribution < 1.29 is 24.0 Å². The van der Waals surface area contributed by atoms with Crippen LogP contribution in [0.3, 0.4) is 0 Å². The Kier molecular flexibility index (Phi) is 5.90. The molecule has 136 valence electrons. The van der Waals surface area contributed by atoms with Crippen LogP contribution < -0.4 is 5.32 Å². The normalized spacial score (nSPS) is 12.5. The monoisotopic (exact) mass is 358 g/mol. The molecule has 0 bridgehead atoms. The van der Waals surface area contributed by atoms with E-state index in [1.54, 1.807) is 24.3 Å².